The molecule has 39 heavy (non-hydrogen) atoms. The summed E-state index contributed by atoms with van der Waals surface area (Å²) in [6.45, 7) is 3.64. The number of hydrogen-bond donors (Lipinski definition) is 1. The number of halogens is 3. The molecule has 0 saturated carbocycles. The van der Waals surface area contributed by atoms with Crippen molar-refractivity contribution in [1.82, 2.24) is 9.21 Å². The lowest BCUT2D eigenvalue weighted by Crippen LogP contribution is -2.60. The van der Waals surface area contributed by atoms with Crippen molar-refractivity contribution in [1.29, 1.82) is 0 Å². The largest absolute Gasteiger partial charge is 0.421 e. The molecule has 2 heterocycles. The Morgan fingerprint density at radius 2 is 1.79 bits per heavy atom. The molecule has 216 valence electrons. The van der Waals surface area contributed by atoms with Crippen molar-refractivity contribution in [3.63, 3.8) is 0 Å². The van der Waals surface area contributed by atoms with Gasteiger partial charge in [-0.1, -0.05) is 36.5 Å². The van der Waals surface area contributed by atoms with Gasteiger partial charge in [0, 0.05) is 55.7 Å². The molecule has 8 nitrogen and oxygen atoms in total. The lowest BCUT2D eigenvalue weighted by Gasteiger charge is -2.46. The molecule has 3 aliphatic rings. The summed E-state index contributed by atoms with van der Waals surface area (Å²) in [7, 11) is -7.05. The lowest BCUT2D eigenvalue weighted by molar-refractivity contribution is -0.258. The minimum Gasteiger partial charge on any atom is -0.376 e. The first-order chi connectivity index (χ1) is 18.0. The monoisotopic (exact) mass is 607 g/mol. The van der Waals surface area contributed by atoms with Crippen LogP contribution in [0.1, 0.15) is 25.8 Å². The van der Waals surface area contributed by atoms with E-state index in [1.165, 1.54) is 34.6 Å². The molecule has 0 aromatic heterocycles. The predicted molar refractivity (Wildman–Crippen MR) is 148 cm³/mol. The smallest absolute Gasteiger partial charge is 0.376 e. The van der Waals surface area contributed by atoms with Crippen molar-refractivity contribution >= 4 is 42.6 Å². The number of aliphatic hydroxyl groups is 1. The van der Waals surface area contributed by atoms with Gasteiger partial charge in [0.2, 0.25) is 10.0 Å². The molecule has 0 unspecified atom stereocenters. The van der Waals surface area contributed by atoms with E-state index in [1.807, 2.05) is 16.7 Å². The third-order valence-electron chi connectivity index (χ3n) is 7.59. The van der Waals surface area contributed by atoms with Crippen LogP contribution in [0.3, 0.4) is 0 Å². The molecule has 0 radical (unpaired) electrons. The average molecular weight is 608 g/mol. The van der Waals surface area contributed by atoms with Crippen molar-refractivity contribution in [2.75, 3.05) is 49.1 Å². The Kier molecular flexibility index (Phi) is 8.39. The topological polar surface area (TPSA) is 98.2 Å². The summed E-state index contributed by atoms with van der Waals surface area (Å²) >= 11 is 5.31. The van der Waals surface area contributed by atoms with E-state index < -0.39 is 37.7 Å². The van der Waals surface area contributed by atoms with Crippen LogP contribution in [-0.4, -0.2) is 98.5 Å². The highest BCUT2D eigenvalue weighted by Crippen LogP contribution is 2.39. The number of thiocarbonyl (C=S) groups is 1. The van der Waals surface area contributed by atoms with Gasteiger partial charge in [0.1, 0.15) is 0 Å². The summed E-state index contributed by atoms with van der Waals surface area (Å²) in [6, 6.07) is 4.72. The van der Waals surface area contributed by atoms with E-state index in [2.05, 4.69) is 0 Å². The SMILES string of the molecule is C[C@H]1CS(=O)(=O)CCN1C[C@H]1CN(S(=O)(=O)C2=CC=CCC2=S)CCN1c1ccc([C@@](C)(O)C(F)(F)F)cc1. The lowest BCUT2D eigenvalue weighted by atomic mass is 9.95. The Bertz CT molecular complexity index is 1370. The zero-order valence-electron chi connectivity index (χ0n) is 21.6. The van der Waals surface area contributed by atoms with Crippen molar-refractivity contribution in [3.05, 3.63) is 53.0 Å². The third-order valence-corrected chi connectivity index (χ3v) is 11.9. The van der Waals surface area contributed by atoms with Crippen molar-refractivity contribution < 1.29 is 35.1 Å². The first-order valence-electron chi connectivity index (χ1n) is 12.5. The normalized spacial score (nSPS) is 26.8. The average Bonchev–Trinajstić information content (AvgIpc) is 2.85. The van der Waals surface area contributed by atoms with Gasteiger partial charge < -0.3 is 10.0 Å². The van der Waals surface area contributed by atoms with Gasteiger partial charge in [-0.25, -0.2) is 16.8 Å². The Morgan fingerprint density at radius 3 is 2.38 bits per heavy atom. The second-order valence-corrected chi connectivity index (χ2v) is 15.0. The molecule has 1 aliphatic carbocycles. The van der Waals surface area contributed by atoms with Crippen LogP contribution in [0.5, 0.6) is 0 Å². The predicted octanol–water partition coefficient (Wildman–Crippen LogP) is 2.61. The van der Waals surface area contributed by atoms with Gasteiger partial charge in [-0.15, -0.1) is 0 Å². The van der Waals surface area contributed by atoms with Gasteiger partial charge in [-0.3, -0.25) is 4.90 Å². The quantitative estimate of drug-likeness (QED) is 0.493. The van der Waals surface area contributed by atoms with E-state index in [4.69, 9.17) is 12.2 Å². The van der Waals surface area contributed by atoms with Crippen LogP contribution in [0, 0.1) is 0 Å². The highest BCUT2D eigenvalue weighted by atomic mass is 32.2. The van der Waals surface area contributed by atoms with Gasteiger partial charge >= 0.3 is 6.18 Å². The van der Waals surface area contributed by atoms with Crippen molar-refractivity contribution in [2.45, 2.75) is 44.1 Å². The number of hydrogen-bond acceptors (Lipinski definition) is 8. The maximum atomic E-state index is 13.5. The van der Waals surface area contributed by atoms with Crippen molar-refractivity contribution in [2.24, 2.45) is 0 Å². The highest BCUT2D eigenvalue weighted by Gasteiger charge is 2.51. The summed E-state index contributed by atoms with van der Waals surface area (Å²) in [5.74, 6) is -0.00275. The van der Waals surface area contributed by atoms with Gasteiger partial charge in [0.15, 0.2) is 15.4 Å². The van der Waals surface area contributed by atoms with E-state index in [9.17, 15) is 35.1 Å². The molecule has 0 spiro atoms. The van der Waals surface area contributed by atoms with Crippen molar-refractivity contribution in [3.8, 4) is 0 Å². The molecule has 14 heteroatoms. The third kappa shape index (κ3) is 6.25. The molecular weight excluding hydrogens is 575 g/mol. The fourth-order valence-electron chi connectivity index (χ4n) is 5.15. The number of nitrogens with zero attached hydrogens (tertiary/aromatic N) is 3. The zero-order valence-corrected chi connectivity index (χ0v) is 24.1. The van der Waals surface area contributed by atoms with E-state index in [0.717, 1.165) is 0 Å². The maximum Gasteiger partial charge on any atom is 0.421 e. The number of alkyl halides is 3. The van der Waals surface area contributed by atoms with Crippen LogP contribution in [0.4, 0.5) is 18.9 Å². The number of benzene rings is 1. The minimum atomic E-state index is -4.86. The number of allylic oxidation sites excluding steroid dienone is 4. The highest BCUT2D eigenvalue weighted by molar-refractivity contribution is 7.96. The first kappa shape index (κ1) is 30.1. The van der Waals surface area contributed by atoms with Crippen LogP contribution in [0.25, 0.3) is 0 Å². The molecule has 3 atom stereocenters. The number of sulfone groups is 1. The van der Waals surface area contributed by atoms with E-state index in [-0.39, 0.29) is 47.7 Å². The minimum absolute atomic E-state index is 0.000780. The van der Waals surface area contributed by atoms with E-state index in [1.54, 1.807) is 12.2 Å². The first-order valence-corrected chi connectivity index (χ1v) is 16.2. The van der Waals surface area contributed by atoms with E-state index >= 15 is 0 Å². The van der Waals surface area contributed by atoms with Crippen LogP contribution in [0.15, 0.2) is 47.4 Å². The summed E-state index contributed by atoms with van der Waals surface area (Å²) in [4.78, 5) is 4.36. The molecule has 0 amide bonds. The Hall–Kier alpha value is -1.84. The van der Waals surface area contributed by atoms with Crippen LogP contribution in [-0.2, 0) is 25.5 Å². The Labute approximate surface area is 232 Å². The molecule has 1 aromatic carbocycles. The van der Waals surface area contributed by atoms with Gasteiger partial charge in [0.25, 0.3) is 0 Å². The number of sulfonamides is 1. The fourth-order valence-corrected chi connectivity index (χ4v) is 8.85. The molecule has 2 saturated heterocycles. The summed E-state index contributed by atoms with van der Waals surface area (Å²) < 4.78 is 92.6. The maximum absolute atomic E-state index is 13.5. The summed E-state index contributed by atoms with van der Waals surface area (Å²) in [5, 5.41) is 10.0. The molecule has 0 bridgehead atoms. The number of rotatable bonds is 6. The van der Waals surface area contributed by atoms with E-state index in [0.29, 0.717) is 37.0 Å². The Balaban J connectivity index is 1.63. The molecule has 2 fully saturated rings. The van der Waals surface area contributed by atoms with Gasteiger partial charge in [0.05, 0.1) is 22.5 Å². The molecule has 1 aromatic rings. The summed E-state index contributed by atoms with van der Waals surface area (Å²) in [5.41, 5.74) is -2.75. The van der Waals surface area contributed by atoms with Crippen LogP contribution in [0.2, 0.25) is 0 Å². The van der Waals surface area contributed by atoms with Crippen LogP contribution < -0.4 is 4.90 Å². The van der Waals surface area contributed by atoms with Gasteiger partial charge in [-0.05, 0) is 37.6 Å². The zero-order chi connectivity index (χ0) is 28.8. The second-order valence-electron chi connectivity index (χ2n) is 10.4. The standard InChI is InChI=1S/C25H32F3N3O5S3/c1-18-17-38(33,34)14-13-29(18)15-21-16-30(39(35,36)23-6-4-3-5-22(23)37)11-12-31(21)20-9-7-19(8-10-20)24(2,32)25(26,27)28/h3-4,6-10,18,21,32H,5,11-17H2,1-2H3/t18-,21-,24+/m0/s1. The molecule has 4 rings (SSSR count). The fraction of sp³-hybridized carbons (Fsp3) is 0.560. The summed E-state index contributed by atoms with van der Waals surface area (Å²) in [6.07, 6.45) is 0.436. The molecule has 1 N–H and O–H groups in total. The number of anilines is 1. The molecule has 2 aliphatic heterocycles. The number of piperazine rings is 1. The van der Waals surface area contributed by atoms with Gasteiger partial charge in [-0.2, -0.15) is 17.5 Å². The molecular formula is C25H32F3N3O5S3. The van der Waals surface area contributed by atoms with Crippen LogP contribution >= 0.6 is 12.2 Å². The Morgan fingerprint density at radius 1 is 1.13 bits per heavy atom. The second kappa shape index (κ2) is 10.9.